The average molecular weight is 431 g/mol. The van der Waals surface area contributed by atoms with Crippen molar-refractivity contribution in [2.45, 2.75) is 19.4 Å². The molecule has 1 atom stereocenters. The fourth-order valence-corrected chi connectivity index (χ4v) is 4.04. The van der Waals surface area contributed by atoms with Gasteiger partial charge in [0.1, 0.15) is 0 Å². The molecule has 0 saturated carbocycles. The van der Waals surface area contributed by atoms with Gasteiger partial charge in [0.2, 0.25) is 0 Å². The number of nitrogens with one attached hydrogen (secondary N) is 2. The van der Waals surface area contributed by atoms with Crippen LogP contribution in [0.1, 0.15) is 49.9 Å². The molecule has 156 valence electrons. The fraction of sp³-hybridized carbons (Fsp3) is 0.120. The molecule has 1 unspecified atom stereocenters. The van der Waals surface area contributed by atoms with Gasteiger partial charge in [-0.15, -0.1) is 11.3 Å². The number of benzene rings is 2. The topological polar surface area (TPSA) is 71.3 Å². The zero-order chi connectivity index (χ0) is 21.6. The Balaban J connectivity index is 1.48. The third-order valence-corrected chi connectivity index (χ3v) is 5.91. The molecule has 4 aromatic rings. The van der Waals surface area contributed by atoms with Gasteiger partial charge in [-0.3, -0.25) is 9.59 Å². The summed E-state index contributed by atoms with van der Waals surface area (Å²) < 4.78 is 5.09. The minimum Gasteiger partial charge on any atom is -0.459 e. The van der Waals surface area contributed by atoms with Crippen LogP contribution in [0.15, 0.2) is 88.9 Å². The molecule has 2 amide bonds. The van der Waals surface area contributed by atoms with Crippen LogP contribution in [0.4, 0.5) is 5.69 Å². The lowest BCUT2D eigenvalue weighted by Crippen LogP contribution is -2.28. The van der Waals surface area contributed by atoms with E-state index in [1.54, 1.807) is 47.7 Å². The molecule has 2 N–H and O–H groups in total. The van der Waals surface area contributed by atoms with Gasteiger partial charge >= 0.3 is 0 Å². The normalized spacial score (nSPS) is 11.6. The summed E-state index contributed by atoms with van der Waals surface area (Å²) in [6, 6.07) is 22.1. The van der Waals surface area contributed by atoms with Crippen molar-refractivity contribution in [3.8, 4) is 0 Å². The van der Waals surface area contributed by atoms with Crippen LogP contribution in [0.2, 0.25) is 0 Å². The molecular formula is C25H22N2O3S. The van der Waals surface area contributed by atoms with E-state index >= 15 is 0 Å². The lowest BCUT2D eigenvalue weighted by atomic mass is 10.0. The van der Waals surface area contributed by atoms with Crippen LogP contribution in [-0.2, 0) is 6.42 Å². The number of thiophene rings is 1. The summed E-state index contributed by atoms with van der Waals surface area (Å²) in [6.45, 7) is 2.12. The second kappa shape index (κ2) is 9.45. The van der Waals surface area contributed by atoms with Crippen molar-refractivity contribution in [1.29, 1.82) is 0 Å². The van der Waals surface area contributed by atoms with Crippen LogP contribution in [0.25, 0.3) is 0 Å². The van der Waals surface area contributed by atoms with Crippen molar-refractivity contribution in [3.05, 3.63) is 112 Å². The summed E-state index contributed by atoms with van der Waals surface area (Å²) in [6.07, 6.45) is 2.42. The zero-order valence-electron chi connectivity index (χ0n) is 17.0. The van der Waals surface area contributed by atoms with Crippen LogP contribution in [0.3, 0.4) is 0 Å². The minimum absolute atomic E-state index is 0.179. The maximum absolute atomic E-state index is 13.0. The van der Waals surface area contributed by atoms with Crippen molar-refractivity contribution >= 4 is 28.8 Å². The van der Waals surface area contributed by atoms with E-state index < -0.39 is 0 Å². The minimum atomic E-state index is -0.338. The highest BCUT2D eigenvalue weighted by molar-refractivity contribution is 7.10. The molecule has 31 heavy (non-hydrogen) atoms. The second-order valence-electron chi connectivity index (χ2n) is 7.03. The molecule has 2 aromatic heterocycles. The van der Waals surface area contributed by atoms with Crippen LogP contribution >= 0.6 is 11.3 Å². The Morgan fingerprint density at radius 1 is 0.935 bits per heavy atom. The van der Waals surface area contributed by atoms with Crippen LogP contribution < -0.4 is 10.6 Å². The Bertz CT molecular complexity index is 1130. The predicted octanol–water partition coefficient (Wildman–Crippen LogP) is 5.68. The van der Waals surface area contributed by atoms with E-state index in [0.717, 1.165) is 16.9 Å². The van der Waals surface area contributed by atoms with E-state index in [-0.39, 0.29) is 23.6 Å². The largest absolute Gasteiger partial charge is 0.459 e. The Morgan fingerprint density at radius 3 is 2.32 bits per heavy atom. The molecule has 2 heterocycles. The lowest BCUT2D eigenvalue weighted by molar-refractivity contribution is 0.0942. The molecule has 5 nitrogen and oxygen atoms in total. The number of anilines is 1. The first-order chi connectivity index (χ1) is 15.1. The molecule has 0 radical (unpaired) electrons. The van der Waals surface area contributed by atoms with E-state index in [1.807, 2.05) is 17.5 Å². The predicted molar refractivity (Wildman–Crippen MR) is 123 cm³/mol. The quantitative estimate of drug-likeness (QED) is 0.396. The molecule has 6 heteroatoms. The van der Waals surface area contributed by atoms with Crippen molar-refractivity contribution in [2.24, 2.45) is 0 Å². The highest BCUT2D eigenvalue weighted by Gasteiger charge is 2.19. The van der Waals surface area contributed by atoms with E-state index in [2.05, 4.69) is 41.8 Å². The number of hydrogen-bond acceptors (Lipinski definition) is 4. The molecule has 0 aliphatic heterocycles. The molecule has 0 aliphatic rings. The third kappa shape index (κ3) is 4.92. The van der Waals surface area contributed by atoms with E-state index in [4.69, 9.17) is 4.42 Å². The van der Waals surface area contributed by atoms with E-state index in [1.165, 1.54) is 11.8 Å². The van der Waals surface area contributed by atoms with Gasteiger partial charge < -0.3 is 15.1 Å². The number of carbonyl (C=O) groups is 2. The molecule has 0 saturated heterocycles. The van der Waals surface area contributed by atoms with Gasteiger partial charge in [-0.25, -0.2) is 0 Å². The fourth-order valence-electron chi connectivity index (χ4n) is 3.24. The number of hydrogen-bond donors (Lipinski definition) is 2. The molecule has 2 aromatic carbocycles. The summed E-state index contributed by atoms with van der Waals surface area (Å²) >= 11 is 1.61. The van der Waals surface area contributed by atoms with E-state index in [9.17, 15) is 9.59 Å². The molecule has 0 aliphatic carbocycles. The summed E-state index contributed by atoms with van der Waals surface area (Å²) in [5.74, 6) is -0.285. The molecular weight excluding hydrogens is 408 g/mol. The van der Waals surface area contributed by atoms with Crippen molar-refractivity contribution < 1.29 is 14.0 Å². The lowest BCUT2D eigenvalue weighted by Gasteiger charge is -2.19. The SMILES string of the molecule is CCc1ccc(C(NC(=O)c2ccc(NC(=O)c3ccco3)cc2)c2cccs2)cc1. The average Bonchev–Trinajstić information content (AvgIpc) is 3.52. The van der Waals surface area contributed by atoms with Crippen LogP contribution in [0, 0.1) is 0 Å². The number of carbonyl (C=O) groups excluding carboxylic acids is 2. The van der Waals surface area contributed by atoms with Gasteiger partial charge in [-0.2, -0.15) is 0 Å². The third-order valence-electron chi connectivity index (χ3n) is 4.97. The Labute approximate surface area is 184 Å². The molecule has 0 fully saturated rings. The monoisotopic (exact) mass is 430 g/mol. The first-order valence-corrected chi connectivity index (χ1v) is 10.9. The second-order valence-corrected chi connectivity index (χ2v) is 8.01. The van der Waals surface area contributed by atoms with Crippen LogP contribution in [0.5, 0.6) is 0 Å². The van der Waals surface area contributed by atoms with E-state index in [0.29, 0.717) is 11.3 Å². The Morgan fingerprint density at radius 2 is 1.71 bits per heavy atom. The van der Waals surface area contributed by atoms with Crippen LogP contribution in [-0.4, -0.2) is 11.8 Å². The Kier molecular flexibility index (Phi) is 6.29. The number of aryl methyl sites for hydroxylation is 1. The molecule has 0 spiro atoms. The molecule has 0 bridgehead atoms. The standard InChI is InChI=1S/C25H22N2O3S/c1-2-17-7-9-18(10-8-17)23(22-6-4-16-31-22)27-24(28)19-11-13-20(14-12-19)26-25(29)21-5-3-15-30-21/h3-16,23H,2H2,1H3,(H,26,29)(H,27,28). The number of rotatable bonds is 7. The summed E-state index contributed by atoms with van der Waals surface area (Å²) in [4.78, 5) is 26.1. The van der Waals surface area contributed by atoms with Gasteiger partial charge in [0, 0.05) is 16.1 Å². The van der Waals surface area contributed by atoms with Gasteiger partial charge in [-0.05, 0) is 65.4 Å². The first kappa shape index (κ1) is 20.6. The zero-order valence-corrected chi connectivity index (χ0v) is 17.8. The highest BCUT2D eigenvalue weighted by Crippen LogP contribution is 2.27. The van der Waals surface area contributed by atoms with Gasteiger partial charge in [0.25, 0.3) is 11.8 Å². The van der Waals surface area contributed by atoms with Crippen molar-refractivity contribution in [1.82, 2.24) is 5.32 Å². The summed E-state index contributed by atoms with van der Waals surface area (Å²) in [5, 5.41) is 7.89. The first-order valence-electron chi connectivity index (χ1n) is 10.0. The van der Waals surface area contributed by atoms with Crippen molar-refractivity contribution in [2.75, 3.05) is 5.32 Å². The highest BCUT2D eigenvalue weighted by atomic mass is 32.1. The van der Waals surface area contributed by atoms with Gasteiger partial charge in [-0.1, -0.05) is 37.3 Å². The van der Waals surface area contributed by atoms with Gasteiger partial charge in [0.05, 0.1) is 12.3 Å². The van der Waals surface area contributed by atoms with Crippen molar-refractivity contribution in [3.63, 3.8) is 0 Å². The number of furan rings is 1. The smallest absolute Gasteiger partial charge is 0.291 e. The summed E-state index contributed by atoms with van der Waals surface area (Å²) in [5.41, 5.74) is 3.40. The summed E-state index contributed by atoms with van der Waals surface area (Å²) in [7, 11) is 0. The Hall–Kier alpha value is -3.64. The maximum atomic E-state index is 13.0. The number of amides is 2. The molecule has 4 rings (SSSR count). The van der Waals surface area contributed by atoms with Gasteiger partial charge in [0.15, 0.2) is 5.76 Å². The maximum Gasteiger partial charge on any atom is 0.291 e.